The van der Waals surface area contributed by atoms with Gasteiger partial charge in [0.25, 0.3) is 0 Å². The minimum Gasteiger partial charge on any atom is -0.490 e. The van der Waals surface area contributed by atoms with Gasteiger partial charge in [-0.25, -0.2) is 8.78 Å². The topological polar surface area (TPSA) is 44.8 Å². The Morgan fingerprint density at radius 1 is 0.939 bits per heavy atom. The van der Waals surface area contributed by atoms with Crippen molar-refractivity contribution >= 4 is 17.7 Å². The van der Waals surface area contributed by atoms with Crippen LogP contribution in [0.1, 0.15) is 33.1 Å². The highest BCUT2D eigenvalue weighted by atomic mass is 32.2. The predicted molar refractivity (Wildman–Crippen MR) is 111 cm³/mol. The summed E-state index contributed by atoms with van der Waals surface area (Å²) in [6, 6.07) is 3.98. The highest BCUT2D eigenvalue weighted by Crippen LogP contribution is 2.41. The zero-order valence-corrected chi connectivity index (χ0v) is 18.7. The lowest BCUT2D eigenvalue weighted by atomic mass is 10.0. The first-order chi connectivity index (χ1) is 15.6. The fourth-order valence-electron chi connectivity index (χ4n) is 2.74. The van der Waals surface area contributed by atoms with Crippen LogP contribution in [0.15, 0.2) is 29.2 Å². The first-order valence-electron chi connectivity index (χ1n) is 10.1. The van der Waals surface area contributed by atoms with Crippen LogP contribution in [0.5, 0.6) is 11.5 Å². The second-order valence-corrected chi connectivity index (χ2v) is 7.75. The SMILES string of the molecule is CCCCOc1ccc(-c2ccc(OC(F)(F)F)c(F)c2SCCC(=O)OCC)c(F)c1F. The maximum Gasteiger partial charge on any atom is 0.573 e. The lowest BCUT2D eigenvalue weighted by Gasteiger charge is -2.17. The lowest BCUT2D eigenvalue weighted by Crippen LogP contribution is -2.18. The summed E-state index contributed by atoms with van der Waals surface area (Å²) < 4.78 is 95.8. The van der Waals surface area contributed by atoms with Gasteiger partial charge in [0.2, 0.25) is 5.82 Å². The van der Waals surface area contributed by atoms with Crippen molar-refractivity contribution in [2.24, 2.45) is 0 Å². The van der Waals surface area contributed by atoms with E-state index < -0.39 is 40.4 Å². The van der Waals surface area contributed by atoms with Crippen molar-refractivity contribution < 1.29 is 45.3 Å². The van der Waals surface area contributed by atoms with Gasteiger partial charge in [0.15, 0.2) is 23.1 Å². The van der Waals surface area contributed by atoms with Crippen LogP contribution in [0.25, 0.3) is 11.1 Å². The van der Waals surface area contributed by atoms with Gasteiger partial charge < -0.3 is 14.2 Å². The van der Waals surface area contributed by atoms with Gasteiger partial charge in [-0.3, -0.25) is 4.79 Å². The van der Waals surface area contributed by atoms with Crippen molar-refractivity contribution in [3.05, 3.63) is 41.7 Å². The molecule has 2 aromatic rings. The highest BCUT2D eigenvalue weighted by Gasteiger charge is 2.33. The molecule has 0 heterocycles. The Hall–Kier alpha value is -2.56. The maximum atomic E-state index is 14.9. The first kappa shape index (κ1) is 26.7. The van der Waals surface area contributed by atoms with Crippen LogP contribution < -0.4 is 9.47 Å². The number of unbranched alkanes of at least 4 members (excludes halogenated alkanes) is 1. The number of carbonyl (C=O) groups is 1. The molecule has 0 amide bonds. The highest BCUT2D eigenvalue weighted by molar-refractivity contribution is 7.99. The molecule has 11 heteroatoms. The number of alkyl halides is 3. The third kappa shape index (κ3) is 7.48. The molecule has 0 aliphatic rings. The summed E-state index contributed by atoms with van der Waals surface area (Å²) in [5.41, 5.74) is -0.584. The zero-order valence-electron chi connectivity index (χ0n) is 17.9. The second kappa shape index (κ2) is 12.1. The summed E-state index contributed by atoms with van der Waals surface area (Å²) in [6.45, 7) is 3.77. The summed E-state index contributed by atoms with van der Waals surface area (Å²) in [4.78, 5) is 11.1. The molecule has 0 aliphatic carbocycles. The number of rotatable bonds is 11. The molecule has 0 radical (unpaired) electrons. The fourth-order valence-corrected chi connectivity index (χ4v) is 3.78. The molecule has 0 N–H and O–H groups in total. The average molecular weight is 496 g/mol. The van der Waals surface area contributed by atoms with Crippen molar-refractivity contribution in [2.75, 3.05) is 19.0 Å². The number of carbonyl (C=O) groups excluding carboxylic acids is 1. The number of benzene rings is 2. The zero-order chi connectivity index (χ0) is 24.6. The number of hydrogen-bond donors (Lipinski definition) is 0. The minimum atomic E-state index is -5.16. The quantitative estimate of drug-likeness (QED) is 0.147. The van der Waals surface area contributed by atoms with E-state index in [0.29, 0.717) is 24.2 Å². The smallest absolute Gasteiger partial charge is 0.490 e. The molecule has 0 atom stereocenters. The Morgan fingerprint density at radius 3 is 2.24 bits per heavy atom. The van der Waals surface area contributed by atoms with E-state index in [0.717, 1.165) is 24.6 Å². The predicted octanol–water partition coefficient (Wildman–Crippen LogP) is 6.89. The standard InChI is InChI=1S/C22H22F6O4S/c1-3-5-11-31-15-8-6-13(18(23)19(15)24)14-7-9-16(32-22(26,27)28)20(25)21(14)33-12-10-17(29)30-4-2/h6-9H,3-5,10-12H2,1-2H3. The molecule has 0 aliphatic heterocycles. The number of ether oxygens (including phenoxy) is 3. The van der Waals surface area contributed by atoms with Crippen molar-refractivity contribution in [1.82, 2.24) is 0 Å². The van der Waals surface area contributed by atoms with Crippen LogP contribution >= 0.6 is 11.8 Å². The van der Waals surface area contributed by atoms with E-state index >= 15 is 0 Å². The Bertz CT molecular complexity index is 965. The normalized spacial score (nSPS) is 11.4. The summed E-state index contributed by atoms with van der Waals surface area (Å²) in [7, 11) is 0. The molecule has 0 fully saturated rings. The summed E-state index contributed by atoms with van der Waals surface area (Å²) in [5, 5.41) is 0. The van der Waals surface area contributed by atoms with Crippen LogP contribution in [-0.2, 0) is 9.53 Å². The monoisotopic (exact) mass is 496 g/mol. The molecule has 0 saturated heterocycles. The summed E-state index contributed by atoms with van der Waals surface area (Å²) in [5.74, 6) is -6.21. The molecule has 0 saturated carbocycles. The molecule has 0 spiro atoms. The summed E-state index contributed by atoms with van der Waals surface area (Å²) >= 11 is 0.655. The largest absolute Gasteiger partial charge is 0.573 e. The van der Waals surface area contributed by atoms with Crippen LogP contribution in [-0.4, -0.2) is 31.3 Å². The van der Waals surface area contributed by atoms with E-state index in [9.17, 15) is 31.1 Å². The molecule has 0 aromatic heterocycles. The Balaban J connectivity index is 2.45. The molecule has 0 bridgehead atoms. The molecule has 182 valence electrons. The van der Waals surface area contributed by atoms with Gasteiger partial charge in [-0.2, -0.15) is 4.39 Å². The van der Waals surface area contributed by atoms with Crippen LogP contribution in [0.2, 0.25) is 0 Å². The minimum absolute atomic E-state index is 0.0828. The van der Waals surface area contributed by atoms with Gasteiger partial charge in [-0.1, -0.05) is 13.3 Å². The van der Waals surface area contributed by atoms with Crippen molar-refractivity contribution in [2.45, 2.75) is 44.4 Å². The second-order valence-electron chi connectivity index (χ2n) is 6.65. The third-order valence-electron chi connectivity index (χ3n) is 4.24. The fraction of sp³-hybridized carbons (Fsp3) is 0.409. The van der Waals surface area contributed by atoms with E-state index in [1.165, 1.54) is 0 Å². The molecule has 2 rings (SSSR count). The van der Waals surface area contributed by atoms with Gasteiger partial charge in [-0.05, 0) is 37.6 Å². The molecule has 2 aromatic carbocycles. The summed E-state index contributed by atoms with van der Waals surface area (Å²) in [6.07, 6.45) is -3.94. The van der Waals surface area contributed by atoms with Crippen molar-refractivity contribution in [1.29, 1.82) is 0 Å². The van der Waals surface area contributed by atoms with Crippen LogP contribution in [0, 0.1) is 17.5 Å². The van der Waals surface area contributed by atoms with E-state index in [1.807, 2.05) is 6.92 Å². The van der Waals surface area contributed by atoms with Gasteiger partial charge in [0.05, 0.1) is 24.5 Å². The number of thioether (sulfide) groups is 1. The number of halogens is 6. The Kier molecular flexibility index (Phi) is 9.75. The van der Waals surface area contributed by atoms with Crippen LogP contribution in [0.3, 0.4) is 0 Å². The van der Waals surface area contributed by atoms with Gasteiger partial charge in [0, 0.05) is 16.9 Å². The molecular weight excluding hydrogens is 474 g/mol. The van der Waals surface area contributed by atoms with Crippen molar-refractivity contribution in [3.63, 3.8) is 0 Å². The van der Waals surface area contributed by atoms with E-state index in [-0.39, 0.29) is 42.3 Å². The maximum absolute atomic E-state index is 14.9. The van der Waals surface area contributed by atoms with Gasteiger partial charge in [-0.15, -0.1) is 24.9 Å². The number of esters is 1. The Labute approximate surface area is 191 Å². The lowest BCUT2D eigenvalue weighted by molar-refractivity contribution is -0.275. The first-order valence-corrected chi connectivity index (χ1v) is 11.0. The van der Waals surface area contributed by atoms with E-state index in [1.54, 1.807) is 6.92 Å². The van der Waals surface area contributed by atoms with E-state index in [4.69, 9.17) is 9.47 Å². The van der Waals surface area contributed by atoms with E-state index in [2.05, 4.69) is 4.74 Å². The van der Waals surface area contributed by atoms with Gasteiger partial charge in [0.1, 0.15) is 0 Å². The molecule has 0 unspecified atom stereocenters. The molecule has 33 heavy (non-hydrogen) atoms. The number of hydrogen-bond acceptors (Lipinski definition) is 5. The third-order valence-corrected chi connectivity index (χ3v) is 5.33. The molecule has 4 nitrogen and oxygen atoms in total. The molecular formula is C22H22F6O4S. The average Bonchev–Trinajstić information content (AvgIpc) is 2.74. The van der Waals surface area contributed by atoms with Gasteiger partial charge >= 0.3 is 12.3 Å². The van der Waals surface area contributed by atoms with Crippen molar-refractivity contribution in [3.8, 4) is 22.6 Å². The Morgan fingerprint density at radius 2 is 1.61 bits per heavy atom. The van der Waals surface area contributed by atoms with Crippen LogP contribution in [0.4, 0.5) is 26.3 Å².